The second-order valence-corrected chi connectivity index (χ2v) is 4.77. The molecule has 2 rings (SSSR count). The topological polar surface area (TPSA) is 58.6 Å². The fourth-order valence-corrected chi connectivity index (χ4v) is 2.20. The molecule has 0 aliphatic carbocycles. The highest BCUT2D eigenvalue weighted by Gasteiger charge is 2.17. The Balaban J connectivity index is 1.95. The van der Waals surface area contributed by atoms with Crippen LogP contribution in [0.5, 0.6) is 0 Å². The van der Waals surface area contributed by atoms with Crippen LogP contribution in [0.15, 0.2) is 24.3 Å². The van der Waals surface area contributed by atoms with Gasteiger partial charge in [0.1, 0.15) is 0 Å². The van der Waals surface area contributed by atoms with Crippen molar-refractivity contribution >= 4 is 11.8 Å². The summed E-state index contributed by atoms with van der Waals surface area (Å²) >= 11 is 0. The van der Waals surface area contributed by atoms with E-state index in [0.717, 1.165) is 38.3 Å². The first kappa shape index (κ1) is 14.7. The summed E-state index contributed by atoms with van der Waals surface area (Å²) in [5, 5.41) is 3.31. The molecule has 1 N–H and O–H groups in total. The van der Waals surface area contributed by atoms with Gasteiger partial charge in [0.15, 0.2) is 0 Å². The number of carbonyl (C=O) groups excluding carboxylic acids is 2. The lowest BCUT2D eigenvalue weighted by Gasteiger charge is -2.27. The maximum atomic E-state index is 11.7. The molecule has 0 spiro atoms. The first-order valence-corrected chi connectivity index (χ1v) is 6.94. The molecule has 0 aromatic heterocycles. The van der Waals surface area contributed by atoms with E-state index in [9.17, 15) is 9.59 Å². The summed E-state index contributed by atoms with van der Waals surface area (Å²) < 4.78 is 4.71. The predicted molar refractivity (Wildman–Crippen MR) is 75.6 cm³/mol. The molecule has 1 aromatic carbocycles. The Morgan fingerprint density at radius 1 is 1.20 bits per heavy atom. The number of ether oxygens (including phenoxy) is 1. The molecule has 0 radical (unpaired) electrons. The Bertz CT molecular complexity index is 465. The zero-order valence-corrected chi connectivity index (χ0v) is 11.7. The van der Waals surface area contributed by atoms with Crippen LogP contribution in [0.4, 0.5) is 0 Å². The van der Waals surface area contributed by atoms with Crippen molar-refractivity contribution in [1.82, 2.24) is 10.2 Å². The van der Waals surface area contributed by atoms with Crippen LogP contribution in [0.1, 0.15) is 22.8 Å². The number of nitrogens with one attached hydrogen (secondary N) is 1. The van der Waals surface area contributed by atoms with Crippen molar-refractivity contribution in [3.05, 3.63) is 35.4 Å². The molecule has 1 aromatic rings. The molecular formula is C15H20N2O3. The molecular weight excluding hydrogens is 256 g/mol. The van der Waals surface area contributed by atoms with Crippen LogP contribution in [0.2, 0.25) is 0 Å². The molecule has 1 aliphatic heterocycles. The van der Waals surface area contributed by atoms with E-state index < -0.39 is 11.8 Å². The van der Waals surface area contributed by atoms with E-state index in [1.54, 1.807) is 19.1 Å². The zero-order chi connectivity index (χ0) is 14.4. The van der Waals surface area contributed by atoms with Crippen molar-refractivity contribution in [2.45, 2.75) is 13.5 Å². The van der Waals surface area contributed by atoms with Crippen molar-refractivity contribution in [2.75, 3.05) is 32.8 Å². The fourth-order valence-electron chi connectivity index (χ4n) is 2.20. The standard InChI is InChI=1S/C15H20N2O3/c1-2-20-15(19)14(18)13-5-3-12(4-6-13)11-17-9-7-16-8-10-17/h3-6,16H,2,7-11H2,1H3. The minimum Gasteiger partial charge on any atom is -0.460 e. The fraction of sp³-hybridized carbons (Fsp3) is 0.467. The number of Topliss-reactive ketones (excluding diaryl/α,β-unsaturated/α-hetero) is 1. The van der Waals surface area contributed by atoms with E-state index in [2.05, 4.69) is 10.2 Å². The summed E-state index contributed by atoms with van der Waals surface area (Å²) in [4.78, 5) is 25.5. The normalized spacial score (nSPS) is 15.8. The van der Waals surface area contributed by atoms with Crippen molar-refractivity contribution < 1.29 is 14.3 Å². The third-order valence-electron chi connectivity index (χ3n) is 3.29. The number of esters is 1. The maximum Gasteiger partial charge on any atom is 0.379 e. The van der Waals surface area contributed by atoms with Gasteiger partial charge in [0, 0.05) is 38.3 Å². The lowest BCUT2D eigenvalue weighted by atomic mass is 10.1. The predicted octanol–water partition coefficient (Wildman–Crippen LogP) is 0.838. The molecule has 0 amide bonds. The van der Waals surface area contributed by atoms with Crippen LogP contribution in [-0.4, -0.2) is 49.4 Å². The number of piperazine rings is 1. The van der Waals surface area contributed by atoms with Gasteiger partial charge >= 0.3 is 5.97 Å². The Morgan fingerprint density at radius 2 is 1.85 bits per heavy atom. The van der Waals surface area contributed by atoms with Crippen LogP contribution in [0.3, 0.4) is 0 Å². The van der Waals surface area contributed by atoms with Gasteiger partial charge in [-0.3, -0.25) is 9.69 Å². The number of hydrogen-bond donors (Lipinski definition) is 1. The Labute approximate surface area is 118 Å². The average molecular weight is 276 g/mol. The molecule has 1 heterocycles. The number of rotatable bonds is 5. The van der Waals surface area contributed by atoms with Gasteiger partial charge in [-0.1, -0.05) is 24.3 Å². The molecule has 1 saturated heterocycles. The van der Waals surface area contributed by atoms with Crippen LogP contribution in [-0.2, 0) is 16.1 Å². The monoisotopic (exact) mass is 276 g/mol. The highest BCUT2D eigenvalue weighted by atomic mass is 16.5. The minimum absolute atomic E-state index is 0.214. The number of benzene rings is 1. The quantitative estimate of drug-likeness (QED) is 0.490. The lowest BCUT2D eigenvalue weighted by Crippen LogP contribution is -2.42. The molecule has 0 unspecified atom stereocenters. The molecule has 1 aliphatic rings. The summed E-state index contributed by atoms with van der Waals surface area (Å²) in [6.45, 7) is 6.86. The first-order valence-electron chi connectivity index (χ1n) is 6.94. The molecule has 5 nitrogen and oxygen atoms in total. The van der Waals surface area contributed by atoms with E-state index >= 15 is 0 Å². The van der Waals surface area contributed by atoms with Crippen molar-refractivity contribution in [1.29, 1.82) is 0 Å². The first-order chi connectivity index (χ1) is 9.70. The van der Waals surface area contributed by atoms with Gasteiger partial charge in [-0.2, -0.15) is 0 Å². The van der Waals surface area contributed by atoms with E-state index in [1.807, 2.05) is 12.1 Å². The molecule has 0 atom stereocenters. The van der Waals surface area contributed by atoms with Crippen LogP contribution >= 0.6 is 0 Å². The van der Waals surface area contributed by atoms with Gasteiger partial charge in [0.05, 0.1) is 6.61 Å². The van der Waals surface area contributed by atoms with Crippen molar-refractivity contribution in [3.63, 3.8) is 0 Å². The van der Waals surface area contributed by atoms with Gasteiger partial charge in [0.2, 0.25) is 0 Å². The molecule has 108 valence electrons. The van der Waals surface area contributed by atoms with E-state index in [-0.39, 0.29) is 6.61 Å². The number of nitrogens with zero attached hydrogens (tertiary/aromatic N) is 1. The lowest BCUT2D eigenvalue weighted by molar-refractivity contribution is -0.137. The number of hydrogen-bond acceptors (Lipinski definition) is 5. The Hall–Kier alpha value is -1.72. The summed E-state index contributed by atoms with van der Waals surface area (Å²) in [7, 11) is 0. The van der Waals surface area contributed by atoms with E-state index in [1.165, 1.54) is 0 Å². The average Bonchev–Trinajstić information content (AvgIpc) is 2.48. The van der Waals surface area contributed by atoms with Crippen LogP contribution in [0, 0.1) is 0 Å². The highest BCUT2D eigenvalue weighted by Crippen LogP contribution is 2.09. The molecule has 5 heteroatoms. The van der Waals surface area contributed by atoms with Gasteiger partial charge in [-0.15, -0.1) is 0 Å². The van der Waals surface area contributed by atoms with Crippen LogP contribution < -0.4 is 5.32 Å². The third-order valence-corrected chi connectivity index (χ3v) is 3.29. The van der Waals surface area contributed by atoms with Gasteiger partial charge < -0.3 is 10.1 Å². The van der Waals surface area contributed by atoms with Crippen molar-refractivity contribution in [2.24, 2.45) is 0 Å². The van der Waals surface area contributed by atoms with Crippen molar-refractivity contribution in [3.8, 4) is 0 Å². The van der Waals surface area contributed by atoms with Gasteiger partial charge in [-0.25, -0.2) is 4.79 Å². The Morgan fingerprint density at radius 3 is 2.45 bits per heavy atom. The second-order valence-electron chi connectivity index (χ2n) is 4.77. The second kappa shape index (κ2) is 7.17. The highest BCUT2D eigenvalue weighted by molar-refractivity contribution is 6.40. The van der Waals surface area contributed by atoms with E-state index in [4.69, 9.17) is 4.74 Å². The SMILES string of the molecule is CCOC(=O)C(=O)c1ccc(CN2CCNCC2)cc1. The zero-order valence-electron chi connectivity index (χ0n) is 11.7. The number of ketones is 1. The van der Waals surface area contributed by atoms with Gasteiger partial charge in [0.25, 0.3) is 5.78 Å². The largest absolute Gasteiger partial charge is 0.460 e. The summed E-state index contributed by atoms with van der Waals surface area (Å²) in [6.07, 6.45) is 0. The maximum absolute atomic E-state index is 11.7. The molecule has 0 bridgehead atoms. The summed E-state index contributed by atoms with van der Waals surface area (Å²) in [5.74, 6) is -1.37. The molecule has 0 saturated carbocycles. The van der Waals surface area contributed by atoms with E-state index in [0.29, 0.717) is 5.56 Å². The third kappa shape index (κ3) is 3.88. The summed E-state index contributed by atoms with van der Waals surface area (Å²) in [6, 6.07) is 7.18. The van der Waals surface area contributed by atoms with Crippen LogP contribution in [0.25, 0.3) is 0 Å². The smallest absolute Gasteiger partial charge is 0.379 e. The molecule has 20 heavy (non-hydrogen) atoms. The minimum atomic E-state index is -0.789. The van der Waals surface area contributed by atoms with Gasteiger partial charge in [-0.05, 0) is 12.5 Å². The number of carbonyl (C=O) groups is 2. The summed E-state index contributed by atoms with van der Waals surface area (Å²) in [5.41, 5.74) is 1.53. The Kier molecular flexibility index (Phi) is 5.26. The molecule has 1 fully saturated rings.